The van der Waals surface area contributed by atoms with Gasteiger partial charge in [-0.25, -0.2) is 9.29 Å². The van der Waals surface area contributed by atoms with Gasteiger partial charge in [-0.05, 0) is 0 Å². The first-order chi connectivity index (χ1) is 19.6. The van der Waals surface area contributed by atoms with Gasteiger partial charge >= 0.3 is 0 Å². The fourth-order valence-electron chi connectivity index (χ4n) is 4.06. The van der Waals surface area contributed by atoms with Crippen molar-refractivity contribution in [1.82, 2.24) is 19.5 Å². The number of nitrogens with one attached hydrogen (secondary N) is 1. The number of ether oxygens (including phenoxy) is 3. The van der Waals surface area contributed by atoms with Crippen LogP contribution in [0.4, 0.5) is 5.95 Å². The number of phosphoric ester groups is 2. The average molecular weight is 641 g/mol. The van der Waals surface area contributed by atoms with E-state index >= 15 is 0 Å². The number of terminal acetylenes is 1. The molecular formula is C19H25N5O16P2-2. The van der Waals surface area contributed by atoms with Crippen LogP contribution in [0.5, 0.6) is 0 Å². The molecule has 8 N–H and O–H groups in total. The third kappa shape index (κ3) is 7.06. The maximum absolute atomic E-state index is 12.3. The van der Waals surface area contributed by atoms with Crippen molar-refractivity contribution in [3.8, 4) is 12.3 Å². The van der Waals surface area contributed by atoms with Crippen LogP contribution in [-0.4, -0.2) is 114 Å². The Morgan fingerprint density at radius 3 is 2.40 bits per heavy atom. The van der Waals surface area contributed by atoms with Crippen LogP contribution in [0.25, 0.3) is 11.2 Å². The van der Waals surface area contributed by atoms with E-state index < -0.39 is 89.7 Å². The minimum Gasteiger partial charge on any atom is -0.756 e. The Bertz CT molecular complexity index is 1460. The second-order valence-corrected chi connectivity index (χ2v) is 11.8. The molecule has 0 aliphatic carbocycles. The molecule has 0 saturated carbocycles. The molecule has 11 unspecified atom stereocenters. The molecule has 0 amide bonds. The van der Waals surface area contributed by atoms with Crippen molar-refractivity contribution in [3.05, 3.63) is 16.7 Å². The molecule has 2 aliphatic rings. The van der Waals surface area contributed by atoms with Crippen molar-refractivity contribution in [2.75, 3.05) is 25.6 Å². The molecule has 2 saturated heterocycles. The quantitative estimate of drug-likeness (QED) is 0.0684. The number of aromatic amines is 1. The smallest absolute Gasteiger partial charge is 0.280 e. The normalized spacial score (nSPS) is 34.6. The molecule has 2 aromatic heterocycles. The van der Waals surface area contributed by atoms with E-state index in [0.717, 1.165) is 10.9 Å². The second kappa shape index (κ2) is 12.7. The molecule has 0 aromatic carbocycles. The van der Waals surface area contributed by atoms with E-state index in [1.165, 1.54) is 0 Å². The minimum absolute atomic E-state index is 0.133. The summed E-state index contributed by atoms with van der Waals surface area (Å²) in [6.45, 7) is -1.79. The molecule has 0 spiro atoms. The van der Waals surface area contributed by atoms with Gasteiger partial charge in [0.25, 0.3) is 21.2 Å². The van der Waals surface area contributed by atoms with Gasteiger partial charge in [0.15, 0.2) is 23.7 Å². The summed E-state index contributed by atoms with van der Waals surface area (Å²) in [6.07, 6.45) is -10.2. The van der Waals surface area contributed by atoms with Crippen LogP contribution in [0.1, 0.15) is 6.23 Å². The maximum Gasteiger partial charge on any atom is 0.280 e. The predicted octanol–water partition coefficient (Wildman–Crippen LogP) is -5.23. The van der Waals surface area contributed by atoms with Crippen molar-refractivity contribution in [3.63, 3.8) is 0 Å². The van der Waals surface area contributed by atoms with Gasteiger partial charge in [0.1, 0.15) is 49.3 Å². The van der Waals surface area contributed by atoms with E-state index in [2.05, 4.69) is 34.2 Å². The van der Waals surface area contributed by atoms with E-state index in [0.29, 0.717) is 0 Å². The van der Waals surface area contributed by atoms with Crippen LogP contribution >= 0.6 is 15.6 Å². The van der Waals surface area contributed by atoms with E-state index in [1.54, 1.807) is 0 Å². The highest BCUT2D eigenvalue weighted by atomic mass is 31.3. The third-order valence-electron chi connectivity index (χ3n) is 6.03. The Balaban J connectivity index is 1.38. The van der Waals surface area contributed by atoms with Gasteiger partial charge in [-0.15, -0.1) is 6.42 Å². The number of anilines is 1. The summed E-state index contributed by atoms with van der Waals surface area (Å²) in [7, 11) is -11.7. The van der Waals surface area contributed by atoms with Gasteiger partial charge in [-0.1, -0.05) is 5.92 Å². The molecule has 4 rings (SSSR count). The van der Waals surface area contributed by atoms with Gasteiger partial charge in [0.05, 0.1) is 19.5 Å². The second-order valence-electron chi connectivity index (χ2n) is 8.93. The number of nitrogens with zero attached hydrogens (tertiary/aromatic N) is 3. The lowest BCUT2D eigenvalue weighted by Crippen LogP contribution is -2.59. The number of hydrogen-bond acceptors (Lipinski definition) is 19. The summed E-state index contributed by atoms with van der Waals surface area (Å²) in [4.78, 5) is 46.4. The fraction of sp³-hybridized carbons (Fsp3) is 0.632. The predicted molar refractivity (Wildman–Crippen MR) is 128 cm³/mol. The largest absolute Gasteiger partial charge is 0.756 e. The highest BCUT2D eigenvalue weighted by molar-refractivity contribution is 7.59. The minimum atomic E-state index is -5.92. The summed E-state index contributed by atoms with van der Waals surface area (Å²) in [5, 5.41) is 50.8. The summed E-state index contributed by atoms with van der Waals surface area (Å²) in [5.74, 6) is 1.82. The lowest BCUT2D eigenvalue weighted by Gasteiger charge is -2.42. The topological polar surface area (TPSA) is 326 Å². The molecule has 21 nitrogen and oxygen atoms in total. The summed E-state index contributed by atoms with van der Waals surface area (Å²) in [5.41, 5.74) is 4.50. The van der Waals surface area contributed by atoms with Gasteiger partial charge in [0, 0.05) is 0 Å². The number of fused-ring (bicyclic) bond motifs is 1. The molecule has 23 heteroatoms. The van der Waals surface area contributed by atoms with Crippen molar-refractivity contribution < 1.29 is 72.0 Å². The Hall–Kier alpha value is -2.35. The van der Waals surface area contributed by atoms with Crippen LogP contribution in [0.2, 0.25) is 0 Å². The van der Waals surface area contributed by atoms with E-state index in [9.17, 15) is 49.2 Å². The molecule has 4 heterocycles. The molecule has 0 radical (unpaired) electrons. The number of nitrogen functional groups attached to an aromatic ring is 1. The number of rotatable bonds is 11. The molecule has 11 atom stereocenters. The number of aliphatic hydroxyl groups excluding tert-OH is 5. The Morgan fingerprint density at radius 2 is 1.71 bits per heavy atom. The van der Waals surface area contributed by atoms with Gasteiger partial charge in [-0.2, -0.15) is 4.98 Å². The Morgan fingerprint density at radius 1 is 1.05 bits per heavy atom. The zero-order chi connectivity index (χ0) is 31.0. The Kier molecular flexibility index (Phi) is 9.86. The van der Waals surface area contributed by atoms with E-state index in [-0.39, 0.29) is 23.7 Å². The number of hydrogen-bond donors (Lipinski definition) is 7. The van der Waals surface area contributed by atoms with E-state index in [4.69, 9.17) is 26.4 Å². The maximum atomic E-state index is 12.3. The SMILES string of the molecule is C#CCOCC1OC(OP(=O)([O-])OP(=O)([O-])OCC2OC(n3cnc4c(=O)[nH]c(N)nc43)C(O)C2O)C(O)C(O)C1O. The van der Waals surface area contributed by atoms with Crippen LogP contribution in [-0.2, 0) is 36.7 Å². The van der Waals surface area contributed by atoms with Crippen molar-refractivity contribution in [2.24, 2.45) is 0 Å². The highest BCUT2D eigenvalue weighted by Crippen LogP contribution is 2.57. The third-order valence-corrected chi connectivity index (χ3v) is 8.56. The zero-order valence-corrected chi connectivity index (χ0v) is 22.8. The lowest BCUT2D eigenvalue weighted by molar-refractivity contribution is -0.306. The zero-order valence-electron chi connectivity index (χ0n) is 21.0. The highest BCUT2D eigenvalue weighted by Gasteiger charge is 2.47. The van der Waals surface area contributed by atoms with Crippen LogP contribution < -0.4 is 21.1 Å². The standard InChI is InChI=1S/C19H27N5O16P2/c1-2-3-35-4-7-10(25)12(27)14(29)18(38-7)39-42(33,34)40-41(31,32)36-5-8-11(26)13(28)17(37-8)24-6-21-9-15(24)22-19(20)23-16(9)30/h1,6-8,10-14,17-18,25-29H,3-5H2,(H,31,32)(H,33,34)(H3,20,22,23,30)/p-2. The summed E-state index contributed by atoms with van der Waals surface area (Å²) >= 11 is 0. The van der Waals surface area contributed by atoms with Gasteiger partial charge in [-0.3, -0.25) is 28.0 Å². The van der Waals surface area contributed by atoms with Gasteiger partial charge < -0.3 is 59.8 Å². The first-order valence-corrected chi connectivity index (χ1v) is 14.7. The molecule has 0 bridgehead atoms. The monoisotopic (exact) mass is 641 g/mol. The fourth-order valence-corrected chi connectivity index (χ4v) is 6.14. The first kappa shape index (κ1) is 32.6. The average Bonchev–Trinajstić information content (AvgIpc) is 3.44. The first-order valence-electron chi connectivity index (χ1n) is 11.8. The molecule has 2 aromatic rings. The van der Waals surface area contributed by atoms with Crippen molar-refractivity contribution >= 4 is 32.8 Å². The lowest BCUT2D eigenvalue weighted by atomic mass is 9.99. The number of aromatic nitrogens is 4. The van der Waals surface area contributed by atoms with Crippen molar-refractivity contribution in [2.45, 2.75) is 55.2 Å². The van der Waals surface area contributed by atoms with Crippen LogP contribution in [0.15, 0.2) is 11.1 Å². The number of nitrogens with two attached hydrogens (primary N) is 1. The molecular weight excluding hydrogens is 616 g/mol. The Labute approximate surface area is 234 Å². The number of phosphoric acid groups is 2. The van der Waals surface area contributed by atoms with E-state index in [1.807, 2.05) is 0 Å². The van der Waals surface area contributed by atoms with Crippen molar-refractivity contribution in [1.29, 1.82) is 0 Å². The van der Waals surface area contributed by atoms with Crippen LogP contribution in [0.3, 0.4) is 0 Å². The number of H-pyrrole nitrogens is 1. The molecule has 2 fully saturated rings. The van der Waals surface area contributed by atoms with Crippen LogP contribution in [0, 0.1) is 12.3 Å². The number of aliphatic hydroxyl groups is 5. The summed E-state index contributed by atoms with van der Waals surface area (Å²) < 4.78 is 53.9. The molecule has 42 heavy (non-hydrogen) atoms. The summed E-state index contributed by atoms with van der Waals surface area (Å²) in [6, 6.07) is 0. The molecule has 2 aliphatic heterocycles. The van der Waals surface area contributed by atoms with Gasteiger partial charge in [0.2, 0.25) is 5.95 Å². The number of imidazole rings is 1. The molecule has 234 valence electrons.